The fourth-order valence-electron chi connectivity index (χ4n) is 4.37. The lowest BCUT2D eigenvalue weighted by Gasteiger charge is -2.38. The Labute approximate surface area is 155 Å². The molecule has 0 aromatic heterocycles. The van der Waals surface area contributed by atoms with Gasteiger partial charge in [0, 0.05) is 35.9 Å². The van der Waals surface area contributed by atoms with Crippen LogP contribution in [0.1, 0.15) is 44.6 Å². The fourth-order valence-corrected chi connectivity index (χ4v) is 4.37. The average Bonchev–Trinajstić information content (AvgIpc) is 2.66. The van der Waals surface area contributed by atoms with Gasteiger partial charge in [0.1, 0.15) is 5.75 Å². The third kappa shape index (κ3) is 2.72. The molecule has 0 amide bonds. The van der Waals surface area contributed by atoms with E-state index in [0.717, 1.165) is 36.1 Å². The number of carbonyl (C=O) groups excluding carboxylic acids is 1. The minimum absolute atomic E-state index is 0.0621. The summed E-state index contributed by atoms with van der Waals surface area (Å²) in [6, 6.07) is 12.6. The van der Waals surface area contributed by atoms with Gasteiger partial charge in [0.05, 0.1) is 7.11 Å². The van der Waals surface area contributed by atoms with E-state index in [-0.39, 0.29) is 5.92 Å². The Hall–Kier alpha value is -2.55. The Kier molecular flexibility index (Phi) is 4.31. The van der Waals surface area contributed by atoms with Crippen molar-refractivity contribution >= 4 is 16.6 Å². The van der Waals surface area contributed by atoms with Gasteiger partial charge in [-0.15, -0.1) is 0 Å². The molecule has 3 nitrogen and oxygen atoms in total. The van der Waals surface area contributed by atoms with Crippen LogP contribution in [0.5, 0.6) is 5.75 Å². The van der Waals surface area contributed by atoms with Crippen molar-refractivity contribution in [2.24, 2.45) is 0 Å². The summed E-state index contributed by atoms with van der Waals surface area (Å²) in [6.07, 6.45) is 4.90. The van der Waals surface area contributed by atoms with Crippen LogP contribution in [-0.4, -0.2) is 24.3 Å². The molecule has 0 bridgehead atoms. The molecule has 4 rings (SSSR count). The molecule has 1 atom stereocenters. The smallest absolute Gasteiger partial charge is 0.161 e. The van der Waals surface area contributed by atoms with E-state index < -0.39 is 0 Å². The first-order valence-corrected chi connectivity index (χ1v) is 9.42. The largest absolute Gasteiger partial charge is 0.497 e. The summed E-state index contributed by atoms with van der Waals surface area (Å²) in [6.45, 7) is 5.23. The SMILES string of the molecule is CCN1C(C)=CC(c2ccc3cc(OC)ccc3c2)C2=C1CCCC2=O. The van der Waals surface area contributed by atoms with Gasteiger partial charge in [-0.1, -0.05) is 30.3 Å². The zero-order chi connectivity index (χ0) is 18.3. The Morgan fingerprint density at radius 3 is 2.65 bits per heavy atom. The van der Waals surface area contributed by atoms with Gasteiger partial charge in [-0.25, -0.2) is 0 Å². The third-order valence-corrected chi connectivity index (χ3v) is 5.65. The molecule has 3 heteroatoms. The standard InChI is InChI=1S/C23H25NO2/c1-4-24-15(2)12-20(23-21(24)6-5-7-22(23)25)18-9-8-17-14-19(26-3)11-10-16(17)13-18/h8-14,20H,4-7H2,1-3H3. The summed E-state index contributed by atoms with van der Waals surface area (Å²) in [7, 11) is 1.69. The summed E-state index contributed by atoms with van der Waals surface area (Å²) in [5, 5.41) is 2.33. The molecule has 0 saturated heterocycles. The number of allylic oxidation sites excluding steroid dienone is 4. The number of ether oxygens (including phenoxy) is 1. The van der Waals surface area contributed by atoms with E-state index >= 15 is 0 Å². The van der Waals surface area contributed by atoms with Crippen LogP contribution in [0, 0.1) is 0 Å². The van der Waals surface area contributed by atoms with Crippen LogP contribution in [0.25, 0.3) is 10.8 Å². The van der Waals surface area contributed by atoms with E-state index in [2.05, 4.69) is 55.2 Å². The molecule has 2 aliphatic rings. The summed E-state index contributed by atoms with van der Waals surface area (Å²) < 4.78 is 5.32. The fraction of sp³-hybridized carbons (Fsp3) is 0.348. The molecule has 0 saturated carbocycles. The Balaban J connectivity index is 1.83. The summed E-state index contributed by atoms with van der Waals surface area (Å²) >= 11 is 0. The molecule has 0 radical (unpaired) electrons. The number of hydrogen-bond acceptors (Lipinski definition) is 3. The highest BCUT2D eigenvalue weighted by Gasteiger charge is 2.33. The second-order valence-corrected chi connectivity index (χ2v) is 7.14. The van der Waals surface area contributed by atoms with Crippen molar-refractivity contribution in [3.63, 3.8) is 0 Å². The Bertz CT molecular complexity index is 938. The summed E-state index contributed by atoms with van der Waals surface area (Å²) in [5.41, 5.74) is 4.70. The molecular weight excluding hydrogens is 322 g/mol. The third-order valence-electron chi connectivity index (χ3n) is 5.65. The number of fused-ring (bicyclic) bond motifs is 1. The second-order valence-electron chi connectivity index (χ2n) is 7.14. The number of carbonyl (C=O) groups is 1. The van der Waals surface area contributed by atoms with Crippen LogP contribution >= 0.6 is 0 Å². The first-order chi connectivity index (χ1) is 12.6. The van der Waals surface area contributed by atoms with Gasteiger partial charge in [0.2, 0.25) is 0 Å². The maximum absolute atomic E-state index is 12.8. The predicted octanol–water partition coefficient (Wildman–Crippen LogP) is 5.18. The lowest BCUT2D eigenvalue weighted by atomic mass is 9.78. The molecule has 26 heavy (non-hydrogen) atoms. The number of Topliss-reactive ketones (excluding diaryl/α,β-unsaturated/α-hetero) is 1. The van der Waals surface area contributed by atoms with E-state index in [9.17, 15) is 4.79 Å². The van der Waals surface area contributed by atoms with Crippen LogP contribution in [0.3, 0.4) is 0 Å². The molecule has 2 aromatic rings. The van der Waals surface area contributed by atoms with Gasteiger partial charge in [-0.3, -0.25) is 4.79 Å². The average molecular weight is 347 g/mol. The summed E-state index contributed by atoms with van der Waals surface area (Å²) in [5.74, 6) is 1.24. The maximum Gasteiger partial charge on any atom is 0.161 e. The molecule has 134 valence electrons. The number of methoxy groups -OCH3 is 1. The Morgan fingerprint density at radius 1 is 1.12 bits per heavy atom. The normalized spacial score (nSPS) is 20.3. The lowest BCUT2D eigenvalue weighted by molar-refractivity contribution is -0.116. The van der Waals surface area contributed by atoms with Crippen molar-refractivity contribution in [2.75, 3.05) is 13.7 Å². The topological polar surface area (TPSA) is 29.5 Å². The molecule has 2 aromatic carbocycles. The van der Waals surface area contributed by atoms with Crippen LogP contribution in [0.2, 0.25) is 0 Å². The molecule has 1 unspecified atom stereocenters. The van der Waals surface area contributed by atoms with E-state index in [1.807, 2.05) is 6.07 Å². The van der Waals surface area contributed by atoms with Gasteiger partial charge in [0.25, 0.3) is 0 Å². The van der Waals surface area contributed by atoms with Crippen LogP contribution < -0.4 is 4.74 Å². The van der Waals surface area contributed by atoms with Gasteiger partial charge in [-0.05, 0) is 55.2 Å². The number of benzene rings is 2. The van der Waals surface area contributed by atoms with Crippen molar-refractivity contribution in [3.8, 4) is 5.75 Å². The van der Waals surface area contributed by atoms with Crippen molar-refractivity contribution < 1.29 is 9.53 Å². The summed E-state index contributed by atoms with van der Waals surface area (Å²) in [4.78, 5) is 15.1. The van der Waals surface area contributed by atoms with Crippen molar-refractivity contribution in [1.29, 1.82) is 0 Å². The molecule has 0 spiro atoms. The molecule has 1 aliphatic carbocycles. The highest BCUT2D eigenvalue weighted by atomic mass is 16.5. The maximum atomic E-state index is 12.8. The highest BCUT2D eigenvalue weighted by molar-refractivity contribution is 5.99. The van der Waals surface area contributed by atoms with E-state index in [1.165, 1.54) is 22.3 Å². The first kappa shape index (κ1) is 16.9. The number of ketones is 1. The van der Waals surface area contributed by atoms with E-state index in [4.69, 9.17) is 4.74 Å². The van der Waals surface area contributed by atoms with Crippen molar-refractivity contribution in [2.45, 2.75) is 39.0 Å². The molecule has 1 aliphatic heterocycles. The van der Waals surface area contributed by atoms with Gasteiger partial charge in [0.15, 0.2) is 5.78 Å². The lowest BCUT2D eigenvalue weighted by Crippen LogP contribution is -2.32. The minimum Gasteiger partial charge on any atom is -0.497 e. The van der Waals surface area contributed by atoms with Crippen LogP contribution in [0.15, 0.2) is 59.4 Å². The van der Waals surface area contributed by atoms with Gasteiger partial charge < -0.3 is 9.64 Å². The van der Waals surface area contributed by atoms with Gasteiger partial charge >= 0.3 is 0 Å². The Morgan fingerprint density at radius 2 is 1.88 bits per heavy atom. The number of nitrogens with zero attached hydrogens (tertiary/aromatic N) is 1. The zero-order valence-electron chi connectivity index (χ0n) is 15.7. The molecule has 0 N–H and O–H groups in total. The highest BCUT2D eigenvalue weighted by Crippen LogP contribution is 2.42. The molecule has 1 heterocycles. The molecule has 0 fully saturated rings. The van der Waals surface area contributed by atoms with E-state index in [1.54, 1.807) is 7.11 Å². The van der Waals surface area contributed by atoms with Crippen LogP contribution in [-0.2, 0) is 4.79 Å². The monoisotopic (exact) mass is 347 g/mol. The minimum atomic E-state index is 0.0621. The van der Waals surface area contributed by atoms with Crippen molar-refractivity contribution in [3.05, 3.63) is 65.0 Å². The molecular formula is C23H25NO2. The predicted molar refractivity (Wildman–Crippen MR) is 105 cm³/mol. The van der Waals surface area contributed by atoms with Crippen molar-refractivity contribution in [1.82, 2.24) is 4.90 Å². The van der Waals surface area contributed by atoms with Crippen LogP contribution in [0.4, 0.5) is 0 Å². The zero-order valence-corrected chi connectivity index (χ0v) is 15.7. The second kappa shape index (κ2) is 6.64. The first-order valence-electron chi connectivity index (χ1n) is 9.42. The van der Waals surface area contributed by atoms with E-state index in [0.29, 0.717) is 12.2 Å². The van der Waals surface area contributed by atoms with Gasteiger partial charge in [-0.2, -0.15) is 0 Å². The quantitative estimate of drug-likeness (QED) is 0.766. The number of hydrogen-bond donors (Lipinski definition) is 0. The number of rotatable bonds is 3.